The van der Waals surface area contributed by atoms with E-state index in [0.717, 1.165) is 38.2 Å². The number of rotatable bonds is 3. The maximum absolute atomic E-state index is 9.35. The largest absolute Gasteiger partial charge is 0.487 e. The molecule has 3 nitrogen and oxygen atoms in total. The Balaban J connectivity index is 1.74. The van der Waals surface area contributed by atoms with E-state index in [-0.39, 0.29) is 5.60 Å². The molecule has 2 aliphatic heterocycles. The number of likely N-dealkylation sites (tertiary alicyclic amines) is 1. The van der Waals surface area contributed by atoms with Crippen LogP contribution in [0.25, 0.3) is 0 Å². The molecule has 1 saturated heterocycles. The van der Waals surface area contributed by atoms with E-state index >= 15 is 0 Å². The van der Waals surface area contributed by atoms with E-state index in [9.17, 15) is 5.11 Å². The van der Waals surface area contributed by atoms with Gasteiger partial charge in [-0.3, -0.25) is 4.90 Å². The van der Waals surface area contributed by atoms with Gasteiger partial charge in [-0.25, -0.2) is 0 Å². The smallest absolute Gasteiger partial charge is 0.127 e. The molecular formula is C17H25NO2. The van der Waals surface area contributed by atoms with Crippen molar-refractivity contribution in [2.45, 2.75) is 45.3 Å². The van der Waals surface area contributed by atoms with Gasteiger partial charge in [0.1, 0.15) is 11.4 Å². The molecule has 2 heterocycles. The molecule has 1 atom stereocenters. The van der Waals surface area contributed by atoms with Gasteiger partial charge >= 0.3 is 0 Å². The highest BCUT2D eigenvalue weighted by Gasteiger charge is 2.32. The van der Waals surface area contributed by atoms with Crippen LogP contribution in [0.5, 0.6) is 5.75 Å². The Bertz CT molecular complexity index is 484. The second-order valence-electron chi connectivity index (χ2n) is 6.87. The highest BCUT2D eigenvalue weighted by Crippen LogP contribution is 2.38. The third-order valence-electron chi connectivity index (χ3n) is 4.43. The lowest BCUT2D eigenvalue weighted by Crippen LogP contribution is -2.36. The molecule has 1 N–H and O–H groups in total. The van der Waals surface area contributed by atoms with E-state index in [1.807, 2.05) is 0 Å². The van der Waals surface area contributed by atoms with Crippen molar-refractivity contribution in [2.75, 3.05) is 19.7 Å². The van der Waals surface area contributed by atoms with Crippen LogP contribution in [0.1, 0.15) is 37.8 Å². The molecule has 1 fully saturated rings. The van der Waals surface area contributed by atoms with E-state index in [2.05, 4.69) is 36.9 Å². The Hall–Kier alpha value is -1.06. The Morgan fingerprint density at radius 2 is 2.25 bits per heavy atom. The Kier molecular flexibility index (Phi) is 3.74. The number of hydrogen-bond donors (Lipinski definition) is 1. The summed E-state index contributed by atoms with van der Waals surface area (Å²) in [6, 6.07) is 6.51. The molecule has 20 heavy (non-hydrogen) atoms. The molecule has 0 aromatic heterocycles. The van der Waals surface area contributed by atoms with E-state index < -0.39 is 0 Å². The van der Waals surface area contributed by atoms with Gasteiger partial charge in [0.25, 0.3) is 0 Å². The molecule has 2 aliphatic rings. The van der Waals surface area contributed by atoms with Gasteiger partial charge in [0.15, 0.2) is 0 Å². The second kappa shape index (κ2) is 5.38. The number of benzene rings is 1. The summed E-state index contributed by atoms with van der Waals surface area (Å²) >= 11 is 0. The molecule has 110 valence electrons. The van der Waals surface area contributed by atoms with Crippen molar-refractivity contribution in [3.05, 3.63) is 29.3 Å². The van der Waals surface area contributed by atoms with E-state index in [1.54, 1.807) is 0 Å². The first kappa shape index (κ1) is 13.9. The van der Waals surface area contributed by atoms with Gasteiger partial charge < -0.3 is 9.84 Å². The average molecular weight is 275 g/mol. The lowest BCUT2D eigenvalue weighted by Gasteiger charge is -2.32. The van der Waals surface area contributed by atoms with Gasteiger partial charge in [-0.05, 0) is 44.7 Å². The summed E-state index contributed by atoms with van der Waals surface area (Å²) in [4.78, 5) is 2.45. The van der Waals surface area contributed by atoms with Crippen LogP contribution < -0.4 is 4.74 Å². The van der Waals surface area contributed by atoms with E-state index in [0.29, 0.717) is 12.5 Å². The Morgan fingerprint density at radius 1 is 1.40 bits per heavy atom. The number of para-hydroxylation sites is 1. The molecule has 0 aliphatic carbocycles. The summed E-state index contributed by atoms with van der Waals surface area (Å²) < 4.78 is 6.14. The number of fused-ring (bicyclic) bond motifs is 1. The zero-order valence-electron chi connectivity index (χ0n) is 12.6. The molecule has 3 rings (SSSR count). The zero-order valence-corrected chi connectivity index (χ0v) is 12.6. The maximum atomic E-state index is 9.35. The molecule has 0 saturated carbocycles. The molecule has 3 heteroatoms. The number of aliphatic hydroxyl groups excluding tert-OH is 1. The molecule has 0 amide bonds. The highest BCUT2D eigenvalue weighted by molar-refractivity contribution is 5.45. The second-order valence-corrected chi connectivity index (χ2v) is 6.87. The van der Waals surface area contributed by atoms with E-state index in [1.165, 1.54) is 17.5 Å². The van der Waals surface area contributed by atoms with Gasteiger partial charge in [-0.15, -0.1) is 0 Å². The summed E-state index contributed by atoms with van der Waals surface area (Å²) in [6.45, 7) is 7.69. The van der Waals surface area contributed by atoms with Crippen molar-refractivity contribution in [3.63, 3.8) is 0 Å². The van der Waals surface area contributed by atoms with Crippen molar-refractivity contribution < 1.29 is 9.84 Å². The van der Waals surface area contributed by atoms with Crippen LogP contribution in [0.15, 0.2) is 18.2 Å². The summed E-state index contributed by atoms with van der Waals surface area (Å²) in [5.41, 5.74) is 2.56. The molecule has 0 bridgehead atoms. The van der Waals surface area contributed by atoms with Crippen LogP contribution in [-0.4, -0.2) is 35.3 Å². The van der Waals surface area contributed by atoms with Crippen molar-refractivity contribution in [1.82, 2.24) is 4.90 Å². The first-order valence-corrected chi connectivity index (χ1v) is 7.70. The molecule has 1 aromatic carbocycles. The summed E-state index contributed by atoms with van der Waals surface area (Å²) in [5, 5.41) is 9.35. The van der Waals surface area contributed by atoms with E-state index in [4.69, 9.17) is 4.74 Å². The third-order valence-corrected chi connectivity index (χ3v) is 4.43. The minimum Gasteiger partial charge on any atom is -0.487 e. The van der Waals surface area contributed by atoms with Gasteiger partial charge in [0.2, 0.25) is 0 Å². The topological polar surface area (TPSA) is 32.7 Å². The van der Waals surface area contributed by atoms with Gasteiger partial charge in [0, 0.05) is 31.7 Å². The summed E-state index contributed by atoms with van der Waals surface area (Å²) in [7, 11) is 0. The highest BCUT2D eigenvalue weighted by atomic mass is 16.5. The monoisotopic (exact) mass is 275 g/mol. The van der Waals surface area contributed by atoms with Crippen molar-refractivity contribution in [2.24, 2.45) is 5.92 Å². The SMILES string of the molecule is CC1(C)Cc2cccc(CN3CCCC(CO)C3)c2O1. The third kappa shape index (κ3) is 2.84. The summed E-state index contributed by atoms with van der Waals surface area (Å²) in [6.07, 6.45) is 3.34. The lowest BCUT2D eigenvalue weighted by molar-refractivity contribution is 0.111. The van der Waals surface area contributed by atoms with Crippen molar-refractivity contribution in [1.29, 1.82) is 0 Å². The fraction of sp³-hybridized carbons (Fsp3) is 0.647. The van der Waals surface area contributed by atoms with Crippen LogP contribution in [0.2, 0.25) is 0 Å². The van der Waals surface area contributed by atoms with Gasteiger partial charge in [-0.2, -0.15) is 0 Å². The first-order valence-electron chi connectivity index (χ1n) is 7.70. The minimum atomic E-state index is -0.0754. The fourth-order valence-electron chi connectivity index (χ4n) is 3.49. The maximum Gasteiger partial charge on any atom is 0.127 e. The van der Waals surface area contributed by atoms with Gasteiger partial charge in [-0.1, -0.05) is 18.2 Å². The van der Waals surface area contributed by atoms with Crippen LogP contribution >= 0.6 is 0 Å². The lowest BCUT2D eigenvalue weighted by atomic mass is 9.97. The Morgan fingerprint density at radius 3 is 3.05 bits per heavy atom. The predicted octanol–water partition coefficient (Wildman–Crippen LogP) is 2.60. The quantitative estimate of drug-likeness (QED) is 0.920. The van der Waals surface area contributed by atoms with Crippen LogP contribution in [0.3, 0.4) is 0 Å². The number of aliphatic hydroxyl groups is 1. The zero-order chi connectivity index (χ0) is 14.2. The number of nitrogens with zero attached hydrogens (tertiary/aromatic N) is 1. The standard InChI is InChI=1S/C17H25NO2/c1-17(2)9-14-6-3-7-15(16(14)20-17)11-18-8-4-5-13(10-18)12-19/h3,6-7,13,19H,4-5,8-12H2,1-2H3. The van der Waals surface area contributed by atoms with Crippen LogP contribution in [0, 0.1) is 5.92 Å². The number of hydrogen-bond acceptors (Lipinski definition) is 3. The average Bonchev–Trinajstić information content (AvgIpc) is 2.74. The van der Waals surface area contributed by atoms with Crippen molar-refractivity contribution >= 4 is 0 Å². The molecule has 0 spiro atoms. The van der Waals surface area contributed by atoms with Crippen LogP contribution in [-0.2, 0) is 13.0 Å². The summed E-state index contributed by atoms with van der Waals surface area (Å²) in [5.74, 6) is 1.54. The Labute approximate surface area is 121 Å². The predicted molar refractivity (Wildman–Crippen MR) is 79.9 cm³/mol. The number of piperidine rings is 1. The molecular weight excluding hydrogens is 250 g/mol. The number of ether oxygens (including phenoxy) is 1. The molecule has 0 radical (unpaired) electrons. The minimum absolute atomic E-state index is 0.0754. The first-order chi connectivity index (χ1) is 9.57. The molecule has 1 unspecified atom stereocenters. The van der Waals surface area contributed by atoms with Gasteiger partial charge in [0.05, 0.1) is 0 Å². The molecule has 1 aromatic rings. The van der Waals surface area contributed by atoms with Crippen molar-refractivity contribution in [3.8, 4) is 5.75 Å². The fourth-order valence-corrected chi connectivity index (χ4v) is 3.49. The van der Waals surface area contributed by atoms with Crippen LogP contribution in [0.4, 0.5) is 0 Å². The normalized spacial score (nSPS) is 25.2.